The maximum absolute atomic E-state index is 12.1. The van der Waals surface area contributed by atoms with Crippen LogP contribution < -0.4 is 5.32 Å². The zero-order chi connectivity index (χ0) is 13.1. The Bertz CT molecular complexity index is 418. The highest BCUT2D eigenvalue weighted by molar-refractivity contribution is 5.82. The SMILES string of the molecule is O=C(NCCCn1cccc1)[C@@H]1CC12CCCCC2. The van der Waals surface area contributed by atoms with Crippen LogP contribution >= 0.6 is 0 Å². The van der Waals surface area contributed by atoms with Crippen molar-refractivity contribution in [2.75, 3.05) is 6.54 Å². The average Bonchev–Trinajstić information content (AvgIpc) is 2.89. The maximum Gasteiger partial charge on any atom is 0.223 e. The van der Waals surface area contributed by atoms with E-state index < -0.39 is 0 Å². The quantitative estimate of drug-likeness (QED) is 0.811. The topological polar surface area (TPSA) is 34.0 Å². The second kappa shape index (κ2) is 5.40. The Kier molecular flexibility index (Phi) is 3.63. The summed E-state index contributed by atoms with van der Waals surface area (Å²) in [5.74, 6) is 0.647. The van der Waals surface area contributed by atoms with Crippen molar-refractivity contribution in [2.45, 2.75) is 51.5 Å². The van der Waals surface area contributed by atoms with E-state index in [0.29, 0.717) is 17.2 Å². The first-order chi connectivity index (χ1) is 9.30. The van der Waals surface area contributed by atoms with E-state index in [-0.39, 0.29) is 0 Å². The van der Waals surface area contributed by atoms with Gasteiger partial charge in [0.15, 0.2) is 0 Å². The molecule has 104 valence electrons. The van der Waals surface area contributed by atoms with Crippen molar-refractivity contribution in [3.63, 3.8) is 0 Å². The van der Waals surface area contributed by atoms with E-state index in [1.807, 2.05) is 12.1 Å². The molecule has 19 heavy (non-hydrogen) atoms. The molecule has 2 aliphatic carbocycles. The first-order valence-corrected chi connectivity index (χ1v) is 7.69. The number of carbonyl (C=O) groups is 1. The van der Waals surface area contributed by atoms with Gasteiger partial charge in [-0.3, -0.25) is 4.79 Å². The average molecular weight is 260 g/mol. The molecule has 0 radical (unpaired) electrons. The van der Waals surface area contributed by atoms with Crippen molar-refractivity contribution in [3.05, 3.63) is 24.5 Å². The summed E-state index contributed by atoms with van der Waals surface area (Å²) >= 11 is 0. The van der Waals surface area contributed by atoms with E-state index in [1.54, 1.807) is 0 Å². The lowest BCUT2D eigenvalue weighted by Gasteiger charge is -2.22. The monoisotopic (exact) mass is 260 g/mol. The second-order valence-corrected chi connectivity index (χ2v) is 6.25. The normalized spacial score (nSPS) is 24.3. The van der Waals surface area contributed by atoms with Crippen molar-refractivity contribution < 1.29 is 4.79 Å². The molecule has 2 fully saturated rings. The highest BCUT2D eigenvalue weighted by Gasteiger charge is 2.57. The van der Waals surface area contributed by atoms with Gasteiger partial charge >= 0.3 is 0 Å². The molecule has 1 amide bonds. The van der Waals surface area contributed by atoms with E-state index in [2.05, 4.69) is 22.3 Å². The number of amides is 1. The summed E-state index contributed by atoms with van der Waals surface area (Å²) in [6.07, 6.45) is 12.9. The molecule has 1 atom stereocenters. The fourth-order valence-corrected chi connectivity index (χ4v) is 3.64. The van der Waals surface area contributed by atoms with Crippen LogP contribution in [0.25, 0.3) is 0 Å². The molecule has 0 unspecified atom stereocenters. The van der Waals surface area contributed by atoms with E-state index in [1.165, 1.54) is 32.1 Å². The number of nitrogens with zero attached hydrogens (tertiary/aromatic N) is 1. The van der Waals surface area contributed by atoms with Crippen molar-refractivity contribution in [2.24, 2.45) is 11.3 Å². The van der Waals surface area contributed by atoms with E-state index in [4.69, 9.17) is 0 Å². The molecule has 0 aliphatic heterocycles. The first-order valence-electron chi connectivity index (χ1n) is 7.69. The van der Waals surface area contributed by atoms with Crippen molar-refractivity contribution in [1.82, 2.24) is 9.88 Å². The fourth-order valence-electron chi connectivity index (χ4n) is 3.64. The second-order valence-electron chi connectivity index (χ2n) is 6.25. The molecule has 0 saturated heterocycles. The number of hydrogen-bond donors (Lipinski definition) is 1. The lowest BCUT2D eigenvalue weighted by molar-refractivity contribution is -0.123. The number of carbonyl (C=O) groups excluding carboxylic acids is 1. The summed E-state index contributed by atoms with van der Waals surface area (Å²) in [5.41, 5.74) is 0.419. The summed E-state index contributed by atoms with van der Waals surface area (Å²) in [6, 6.07) is 4.07. The van der Waals surface area contributed by atoms with Crippen LogP contribution in [0.1, 0.15) is 44.9 Å². The van der Waals surface area contributed by atoms with Crippen LogP contribution in [0.5, 0.6) is 0 Å². The highest BCUT2D eigenvalue weighted by atomic mass is 16.2. The van der Waals surface area contributed by atoms with Gasteiger partial charge in [-0.05, 0) is 43.2 Å². The van der Waals surface area contributed by atoms with Gasteiger partial charge in [0.2, 0.25) is 5.91 Å². The third-order valence-corrected chi connectivity index (χ3v) is 4.91. The Morgan fingerprint density at radius 3 is 2.68 bits per heavy atom. The predicted molar refractivity (Wildman–Crippen MR) is 75.7 cm³/mol. The number of aromatic nitrogens is 1. The molecule has 3 nitrogen and oxygen atoms in total. The molecule has 3 heteroatoms. The van der Waals surface area contributed by atoms with E-state index in [0.717, 1.165) is 25.9 Å². The van der Waals surface area contributed by atoms with Gasteiger partial charge in [0.25, 0.3) is 0 Å². The van der Waals surface area contributed by atoms with Crippen LogP contribution in [-0.2, 0) is 11.3 Å². The summed E-state index contributed by atoms with van der Waals surface area (Å²) in [5, 5.41) is 3.13. The highest BCUT2D eigenvalue weighted by Crippen LogP contribution is 2.61. The molecule has 1 spiro atoms. The van der Waals surface area contributed by atoms with Crippen LogP contribution in [0, 0.1) is 11.3 Å². The van der Waals surface area contributed by atoms with Crippen molar-refractivity contribution in [1.29, 1.82) is 0 Å². The van der Waals surface area contributed by atoms with Crippen LogP contribution in [0.4, 0.5) is 0 Å². The zero-order valence-corrected chi connectivity index (χ0v) is 11.6. The Balaban J connectivity index is 1.36. The van der Waals surface area contributed by atoms with Crippen LogP contribution in [0.2, 0.25) is 0 Å². The summed E-state index contributed by atoms with van der Waals surface area (Å²) in [4.78, 5) is 12.1. The molecule has 3 rings (SSSR count). The molecule has 1 heterocycles. The largest absolute Gasteiger partial charge is 0.356 e. The Morgan fingerprint density at radius 2 is 1.95 bits per heavy atom. The smallest absolute Gasteiger partial charge is 0.223 e. The molecular formula is C16H24N2O. The molecule has 1 aromatic heterocycles. The Morgan fingerprint density at radius 1 is 1.21 bits per heavy atom. The van der Waals surface area contributed by atoms with Gasteiger partial charge < -0.3 is 9.88 Å². The molecule has 0 bridgehead atoms. The maximum atomic E-state index is 12.1. The molecule has 1 aromatic rings. The third kappa shape index (κ3) is 2.85. The minimum atomic E-state index is 0.314. The Hall–Kier alpha value is -1.25. The van der Waals surface area contributed by atoms with Gasteiger partial charge in [0.05, 0.1) is 0 Å². The van der Waals surface area contributed by atoms with Gasteiger partial charge in [0, 0.05) is 31.4 Å². The van der Waals surface area contributed by atoms with Crippen LogP contribution in [-0.4, -0.2) is 17.0 Å². The van der Waals surface area contributed by atoms with Crippen molar-refractivity contribution >= 4 is 5.91 Å². The minimum Gasteiger partial charge on any atom is -0.356 e. The lowest BCUT2D eigenvalue weighted by Crippen LogP contribution is -2.29. The standard InChI is InChI=1S/C16H24N2O/c19-15(14-13-16(14)7-2-1-3-8-16)17-9-6-12-18-10-4-5-11-18/h4-5,10-11,14H,1-3,6-9,12-13H2,(H,17,19)/t14-/m0/s1. The van der Waals surface area contributed by atoms with Crippen LogP contribution in [0.3, 0.4) is 0 Å². The minimum absolute atomic E-state index is 0.314. The Labute approximate surface area is 115 Å². The van der Waals surface area contributed by atoms with E-state index >= 15 is 0 Å². The molecule has 0 aromatic carbocycles. The first kappa shape index (κ1) is 12.8. The lowest BCUT2D eigenvalue weighted by atomic mass is 9.84. The van der Waals surface area contributed by atoms with Crippen LogP contribution in [0.15, 0.2) is 24.5 Å². The van der Waals surface area contributed by atoms with Gasteiger partial charge in [-0.1, -0.05) is 19.3 Å². The van der Waals surface area contributed by atoms with E-state index in [9.17, 15) is 4.79 Å². The van der Waals surface area contributed by atoms with Gasteiger partial charge in [-0.2, -0.15) is 0 Å². The number of nitrogens with one attached hydrogen (secondary N) is 1. The summed E-state index contributed by atoms with van der Waals surface area (Å²) in [6.45, 7) is 1.80. The summed E-state index contributed by atoms with van der Waals surface area (Å²) in [7, 11) is 0. The molecule has 2 saturated carbocycles. The summed E-state index contributed by atoms with van der Waals surface area (Å²) < 4.78 is 2.16. The third-order valence-electron chi connectivity index (χ3n) is 4.91. The van der Waals surface area contributed by atoms with Gasteiger partial charge in [-0.15, -0.1) is 0 Å². The number of hydrogen-bond acceptors (Lipinski definition) is 1. The number of aryl methyl sites for hydroxylation is 1. The predicted octanol–water partition coefficient (Wildman–Crippen LogP) is 2.96. The van der Waals surface area contributed by atoms with Gasteiger partial charge in [0.1, 0.15) is 0 Å². The zero-order valence-electron chi connectivity index (χ0n) is 11.6. The molecule has 2 aliphatic rings. The molecular weight excluding hydrogens is 236 g/mol. The van der Waals surface area contributed by atoms with Gasteiger partial charge in [-0.25, -0.2) is 0 Å². The fraction of sp³-hybridized carbons (Fsp3) is 0.688. The molecule has 1 N–H and O–H groups in total. The van der Waals surface area contributed by atoms with Crippen molar-refractivity contribution in [3.8, 4) is 0 Å². The number of rotatable bonds is 5.